The van der Waals surface area contributed by atoms with E-state index in [1.165, 1.54) is 0 Å². The second kappa shape index (κ2) is 4.71. The van der Waals surface area contributed by atoms with E-state index in [0.29, 0.717) is 16.3 Å². The van der Waals surface area contributed by atoms with Crippen LogP contribution in [0, 0.1) is 0 Å². The van der Waals surface area contributed by atoms with E-state index in [1.54, 1.807) is 6.07 Å². The summed E-state index contributed by atoms with van der Waals surface area (Å²) in [6.07, 6.45) is 0. The molecule has 1 amide bonds. The number of carbonyl (C=O) groups excluding carboxylic acids is 2. The number of hydrogen-bond donors (Lipinski definition) is 1. The monoisotopic (exact) mass is 307 g/mol. The zero-order valence-corrected chi connectivity index (χ0v) is 13.1. The van der Waals surface area contributed by atoms with Crippen LogP contribution in [-0.2, 0) is 4.79 Å². The highest BCUT2D eigenvalue weighted by atomic mass is 35.5. The predicted molar refractivity (Wildman–Crippen MR) is 83.3 cm³/mol. The molecule has 2 heterocycles. The Kier molecular flexibility index (Phi) is 3.22. The summed E-state index contributed by atoms with van der Waals surface area (Å²) in [6.45, 7) is 7.01. The van der Waals surface area contributed by atoms with Crippen LogP contribution < -0.4 is 10.2 Å². The molecular formula is C15H18ClN3O2. The van der Waals surface area contributed by atoms with Gasteiger partial charge in [-0.1, -0.05) is 11.6 Å². The van der Waals surface area contributed by atoms with Gasteiger partial charge in [-0.15, -0.1) is 0 Å². The lowest BCUT2D eigenvalue weighted by Crippen LogP contribution is -2.57. The topological polar surface area (TPSA) is 52.7 Å². The first-order chi connectivity index (χ1) is 9.79. The van der Waals surface area contributed by atoms with Gasteiger partial charge in [0.05, 0.1) is 22.0 Å². The average Bonchev–Trinajstić information content (AvgIpc) is 2.68. The summed E-state index contributed by atoms with van der Waals surface area (Å²) in [4.78, 5) is 27.7. The first-order valence-electron chi connectivity index (χ1n) is 6.95. The summed E-state index contributed by atoms with van der Waals surface area (Å²) in [5.74, 6) is -1.10. The molecule has 21 heavy (non-hydrogen) atoms. The van der Waals surface area contributed by atoms with E-state index in [1.807, 2.05) is 6.07 Å². The Balaban J connectivity index is 1.96. The number of ketones is 1. The maximum absolute atomic E-state index is 11.7. The molecule has 0 aliphatic carbocycles. The van der Waals surface area contributed by atoms with Crippen LogP contribution in [0.25, 0.3) is 0 Å². The number of nitrogens with zero attached hydrogens (tertiary/aromatic N) is 2. The number of benzene rings is 1. The fraction of sp³-hybridized carbons (Fsp3) is 0.467. The predicted octanol–water partition coefficient (Wildman–Crippen LogP) is 2.01. The molecule has 0 aromatic heterocycles. The lowest BCUT2D eigenvalue weighted by atomic mass is 9.99. The highest BCUT2D eigenvalue weighted by Crippen LogP contribution is 2.36. The third-order valence-electron chi connectivity index (χ3n) is 4.44. The Morgan fingerprint density at radius 3 is 2.62 bits per heavy atom. The minimum atomic E-state index is -0.586. The van der Waals surface area contributed by atoms with Crippen molar-refractivity contribution in [2.24, 2.45) is 0 Å². The molecule has 2 aliphatic heterocycles. The second-order valence-electron chi connectivity index (χ2n) is 6.29. The van der Waals surface area contributed by atoms with Crippen molar-refractivity contribution in [1.29, 1.82) is 0 Å². The highest BCUT2D eigenvalue weighted by molar-refractivity contribution is 6.52. The number of rotatable bonds is 1. The molecule has 3 rings (SSSR count). The molecule has 0 unspecified atom stereocenters. The van der Waals surface area contributed by atoms with E-state index in [2.05, 4.69) is 36.0 Å². The number of nitrogens with one attached hydrogen (secondary N) is 1. The fourth-order valence-electron chi connectivity index (χ4n) is 2.84. The van der Waals surface area contributed by atoms with Crippen molar-refractivity contribution in [2.45, 2.75) is 19.4 Å². The third kappa shape index (κ3) is 2.30. The van der Waals surface area contributed by atoms with Crippen molar-refractivity contribution in [3.05, 3.63) is 22.7 Å². The van der Waals surface area contributed by atoms with E-state index < -0.39 is 11.7 Å². The molecule has 1 aromatic carbocycles. The quantitative estimate of drug-likeness (QED) is 0.806. The number of anilines is 2. The smallest absolute Gasteiger partial charge is 0.296 e. The van der Waals surface area contributed by atoms with Gasteiger partial charge in [0.2, 0.25) is 0 Å². The number of Topliss-reactive ketones (excluding diaryl/α,β-unsaturated/α-hetero) is 1. The first kappa shape index (κ1) is 14.4. The maximum atomic E-state index is 11.7. The van der Waals surface area contributed by atoms with Gasteiger partial charge in [-0.05, 0) is 33.0 Å². The summed E-state index contributed by atoms with van der Waals surface area (Å²) < 4.78 is 0. The second-order valence-corrected chi connectivity index (χ2v) is 6.70. The summed E-state index contributed by atoms with van der Waals surface area (Å²) >= 11 is 6.34. The minimum Gasteiger partial charge on any atom is -0.367 e. The molecule has 1 saturated heterocycles. The van der Waals surface area contributed by atoms with Crippen LogP contribution in [0.1, 0.15) is 24.2 Å². The molecule has 1 N–H and O–H groups in total. The summed E-state index contributed by atoms with van der Waals surface area (Å²) in [5, 5.41) is 3.11. The largest absolute Gasteiger partial charge is 0.367 e. The number of likely N-dealkylation sites (N-methyl/N-ethyl adjacent to an activating group) is 1. The zero-order chi connectivity index (χ0) is 15.4. The van der Waals surface area contributed by atoms with Gasteiger partial charge in [-0.3, -0.25) is 14.5 Å². The van der Waals surface area contributed by atoms with Crippen molar-refractivity contribution in [3.8, 4) is 0 Å². The van der Waals surface area contributed by atoms with Crippen molar-refractivity contribution in [3.63, 3.8) is 0 Å². The highest BCUT2D eigenvalue weighted by Gasteiger charge is 2.34. The van der Waals surface area contributed by atoms with Crippen LogP contribution in [0.2, 0.25) is 5.02 Å². The molecule has 5 nitrogen and oxygen atoms in total. The zero-order valence-electron chi connectivity index (χ0n) is 12.4. The number of fused-ring (bicyclic) bond motifs is 1. The molecule has 6 heteroatoms. The minimum absolute atomic E-state index is 0.0413. The van der Waals surface area contributed by atoms with Crippen LogP contribution in [0.3, 0.4) is 0 Å². The molecule has 0 radical (unpaired) electrons. The van der Waals surface area contributed by atoms with Crippen LogP contribution in [0.15, 0.2) is 12.1 Å². The van der Waals surface area contributed by atoms with Gasteiger partial charge in [-0.25, -0.2) is 0 Å². The molecule has 1 fully saturated rings. The first-order valence-corrected chi connectivity index (χ1v) is 7.33. The lowest BCUT2D eigenvalue weighted by Gasteiger charge is -2.46. The number of carbonyl (C=O) groups is 2. The van der Waals surface area contributed by atoms with Gasteiger partial charge >= 0.3 is 0 Å². The normalized spacial score (nSPS) is 21.4. The molecule has 2 aliphatic rings. The van der Waals surface area contributed by atoms with Gasteiger partial charge in [0, 0.05) is 25.2 Å². The SMILES string of the molecule is CN1CCN(c2cc3c(cc2Cl)C(=O)C(=O)N3)CC1(C)C. The van der Waals surface area contributed by atoms with E-state index in [0.717, 1.165) is 25.3 Å². The number of halogens is 1. The lowest BCUT2D eigenvalue weighted by molar-refractivity contribution is -0.112. The van der Waals surface area contributed by atoms with E-state index in [4.69, 9.17) is 11.6 Å². The van der Waals surface area contributed by atoms with Crippen molar-refractivity contribution in [2.75, 3.05) is 36.9 Å². The van der Waals surface area contributed by atoms with Crippen LogP contribution >= 0.6 is 11.6 Å². The van der Waals surface area contributed by atoms with Gasteiger partial charge in [-0.2, -0.15) is 0 Å². The van der Waals surface area contributed by atoms with Gasteiger partial charge < -0.3 is 10.2 Å². The summed E-state index contributed by atoms with van der Waals surface area (Å²) in [5.41, 5.74) is 1.83. The van der Waals surface area contributed by atoms with Crippen LogP contribution in [0.5, 0.6) is 0 Å². The van der Waals surface area contributed by atoms with Gasteiger partial charge in [0.1, 0.15) is 0 Å². The van der Waals surface area contributed by atoms with Crippen molar-refractivity contribution < 1.29 is 9.59 Å². The number of amides is 1. The Labute approximate surface area is 128 Å². The van der Waals surface area contributed by atoms with Crippen molar-refractivity contribution >= 4 is 34.7 Å². The average molecular weight is 308 g/mol. The van der Waals surface area contributed by atoms with Gasteiger partial charge in [0.25, 0.3) is 11.7 Å². The standard InChI is InChI=1S/C15H18ClN3O2/c1-15(2)8-19(5-4-18(15)3)12-7-11-9(6-10(12)16)13(20)14(21)17-11/h6-7H,4-5,8H2,1-3H3,(H,17,20,21). The number of piperazine rings is 1. The van der Waals surface area contributed by atoms with Crippen molar-refractivity contribution in [1.82, 2.24) is 4.90 Å². The molecule has 1 aromatic rings. The molecule has 0 bridgehead atoms. The van der Waals surface area contributed by atoms with Crippen LogP contribution in [-0.4, -0.2) is 48.8 Å². The summed E-state index contributed by atoms with van der Waals surface area (Å²) in [6, 6.07) is 3.40. The molecule has 0 atom stereocenters. The molecule has 0 spiro atoms. The Hall–Kier alpha value is -1.59. The van der Waals surface area contributed by atoms with E-state index in [-0.39, 0.29) is 5.54 Å². The molecule has 112 valence electrons. The van der Waals surface area contributed by atoms with Gasteiger partial charge in [0.15, 0.2) is 0 Å². The van der Waals surface area contributed by atoms with Crippen LogP contribution in [0.4, 0.5) is 11.4 Å². The number of hydrogen-bond acceptors (Lipinski definition) is 4. The van der Waals surface area contributed by atoms with E-state index in [9.17, 15) is 9.59 Å². The Bertz CT molecular complexity index is 642. The Morgan fingerprint density at radius 2 is 1.95 bits per heavy atom. The van der Waals surface area contributed by atoms with E-state index >= 15 is 0 Å². The fourth-order valence-corrected chi connectivity index (χ4v) is 3.13. The molecular weight excluding hydrogens is 290 g/mol. The third-order valence-corrected chi connectivity index (χ3v) is 4.75. The Morgan fingerprint density at radius 1 is 1.24 bits per heavy atom. The molecule has 0 saturated carbocycles. The summed E-state index contributed by atoms with van der Waals surface area (Å²) in [7, 11) is 2.11. The maximum Gasteiger partial charge on any atom is 0.296 e.